The van der Waals surface area contributed by atoms with Crippen molar-refractivity contribution in [1.82, 2.24) is 20.1 Å². The van der Waals surface area contributed by atoms with Crippen LogP contribution in [0.15, 0.2) is 47.6 Å². The molecule has 0 atom stereocenters. The zero-order valence-electron chi connectivity index (χ0n) is 17.6. The van der Waals surface area contributed by atoms with E-state index in [4.69, 9.17) is 16.6 Å². The highest BCUT2D eigenvalue weighted by Gasteiger charge is 2.15. The first-order valence-electron chi connectivity index (χ1n) is 10.2. The number of anilines is 1. The standard InChI is InChI=1S/C22H31ClN6/c1-4-24-22(28(3)17-18-5-8-20(23)9-6-18)26-16-19-7-10-21(25-15-19)29-13-11-27(2)12-14-29/h5-10,15H,4,11-14,16-17H2,1-3H3,(H,24,26). The zero-order chi connectivity index (χ0) is 20.6. The molecule has 1 aliphatic heterocycles. The lowest BCUT2D eigenvalue weighted by Crippen LogP contribution is -2.44. The van der Waals surface area contributed by atoms with Gasteiger partial charge < -0.3 is 20.0 Å². The van der Waals surface area contributed by atoms with Crippen LogP contribution in [-0.2, 0) is 13.1 Å². The molecule has 3 rings (SSSR count). The van der Waals surface area contributed by atoms with Crippen LogP contribution in [0.3, 0.4) is 0 Å². The van der Waals surface area contributed by atoms with E-state index in [0.717, 1.165) is 61.6 Å². The fraction of sp³-hybridized carbons (Fsp3) is 0.455. The quantitative estimate of drug-likeness (QED) is 0.581. The second-order valence-electron chi connectivity index (χ2n) is 7.47. The van der Waals surface area contributed by atoms with Crippen molar-refractivity contribution in [2.45, 2.75) is 20.0 Å². The van der Waals surface area contributed by atoms with Crippen molar-refractivity contribution in [3.63, 3.8) is 0 Å². The second kappa shape index (κ2) is 10.5. The number of guanidine groups is 1. The maximum absolute atomic E-state index is 5.98. The number of aliphatic imine (C=N–C) groups is 1. The van der Waals surface area contributed by atoms with Gasteiger partial charge in [-0.15, -0.1) is 0 Å². The summed E-state index contributed by atoms with van der Waals surface area (Å²) in [6.07, 6.45) is 1.94. The highest BCUT2D eigenvalue weighted by molar-refractivity contribution is 6.30. The maximum atomic E-state index is 5.98. The minimum atomic E-state index is 0.601. The Bertz CT molecular complexity index is 782. The van der Waals surface area contributed by atoms with Gasteiger partial charge in [0.1, 0.15) is 5.82 Å². The first-order chi connectivity index (χ1) is 14.0. The monoisotopic (exact) mass is 414 g/mol. The molecule has 1 N–H and O–H groups in total. The topological polar surface area (TPSA) is 47.0 Å². The Morgan fingerprint density at radius 1 is 1.10 bits per heavy atom. The van der Waals surface area contributed by atoms with Crippen LogP contribution >= 0.6 is 11.6 Å². The molecule has 0 bridgehead atoms. The van der Waals surface area contributed by atoms with Crippen molar-refractivity contribution < 1.29 is 0 Å². The van der Waals surface area contributed by atoms with Gasteiger partial charge in [-0.05, 0) is 43.3 Å². The van der Waals surface area contributed by atoms with Gasteiger partial charge in [0.15, 0.2) is 5.96 Å². The summed E-state index contributed by atoms with van der Waals surface area (Å²) in [7, 11) is 4.21. The lowest BCUT2D eigenvalue weighted by atomic mass is 10.2. The number of benzene rings is 1. The molecule has 6 nitrogen and oxygen atoms in total. The molecule has 1 aliphatic rings. The number of piperazine rings is 1. The van der Waals surface area contributed by atoms with Crippen molar-refractivity contribution in [3.8, 4) is 0 Å². The van der Waals surface area contributed by atoms with Crippen LogP contribution in [0.2, 0.25) is 5.02 Å². The van der Waals surface area contributed by atoms with Gasteiger partial charge in [-0.25, -0.2) is 9.98 Å². The van der Waals surface area contributed by atoms with Crippen LogP contribution in [0.4, 0.5) is 5.82 Å². The number of likely N-dealkylation sites (N-methyl/N-ethyl adjacent to an activating group) is 1. The molecule has 1 aromatic carbocycles. The lowest BCUT2D eigenvalue weighted by Gasteiger charge is -2.33. The van der Waals surface area contributed by atoms with Gasteiger partial charge in [-0.1, -0.05) is 29.8 Å². The number of halogens is 1. The molecular weight excluding hydrogens is 384 g/mol. The summed E-state index contributed by atoms with van der Waals surface area (Å²) >= 11 is 5.98. The van der Waals surface area contributed by atoms with Crippen molar-refractivity contribution in [2.75, 3.05) is 51.7 Å². The molecule has 7 heteroatoms. The number of pyridine rings is 1. The fourth-order valence-electron chi connectivity index (χ4n) is 3.31. The predicted octanol–water partition coefficient (Wildman–Crippen LogP) is 3.08. The van der Waals surface area contributed by atoms with Crippen molar-refractivity contribution in [1.29, 1.82) is 0 Å². The molecule has 156 valence electrons. The highest BCUT2D eigenvalue weighted by Crippen LogP contribution is 2.14. The summed E-state index contributed by atoms with van der Waals surface area (Å²) in [5.74, 6) is 1.93. The lowest BCUT2D eigenvalue weighted by molar-refractivity contribution is 0.312. The highest BCUT2D eigenvalue weighted by atomic mass is 35.5. The minimum Gasteiger partial charge on any atom is -0.357 e. The molecule has 0 radical (unpaired) electrons. The second-order valence-corrected chi connectivity index (χ2v) is 7.90. The third-order valence-electron chi connectivity index (χ3n) is 5.08. The molecule has 2 heterocycles. The molecule has 0 aliphatic carbocycles. The molecular formula is C22H31ClN6. The molecule has 0 spiro atoms. The van der Waals surface area contributed by atoms with Gasteiger partial charge in [0, 0.05) is 57.5 Å². The average Bonchev–Trinajstić information content (AvgIpc) is 2.74. The third kappa shape index (κ3) is 6.34. The van der Waals surface area contributed by atoms with Gasteiger partial charge in [-0.3, -0.25) is 0 Å². The Labute approximate surface area is 179 Å². The maximum Gasteiger partial charge on any atom is 0.194 e. The molecule has 1 fully saturated rings. The fourth-order valence-corrected chi connectivity index (χ4v) is 3.43. The number of hydrogen-bond acceptors (Lipinski definition) is 4. The van der Waals surface area contributed by atoms with E-state index in [0.29, 0.717) is 6.54 Å². The van der Waals surface area contributed by atoms with Crippen molar-refractivity contribution in [3.05, 3.63) is 58.7 Å². The Hall–Kier alpha value is -2.31. The molecule has 29 heavy (non-hydrogen) atoms. The number of hydrogen-bond donors (Lipinski definition) is 1. The van der Waals surface area contributed by atoms with E-state index in [1.807, 2.05) is 37.5 Å². The van der Waals surface area contributed by atoms with E-state index in [-0.39, 0.29) is 0 Å². The van der Waals surface area contributed by atoms with Gasteiger partial charge in [-0.2, -0.15) is 0 Å². The zero-order valence-corrected chi connectivity index (χ0v) is 18.4. The predicted molar refractivity (Wildman–Crippen MR) is 122 cm³/mol. The van der Waals surface area contributed by atoms with E-state index in [1.54, 1.807) is 0 Å². The van der Waals surface area contributed by atoms with E-state index in [2.05, 4.69) is 51.1 Å². The van der Waals surface area contributed by atoms with Crippen LogP contribution in [0.5, 0.6) is 0 Å². The van der Waals surface area contributed by atoms with Gasteiger partial charge in [0.05, 0.1) is 6.54 Å². The van der Waals surface area contributed by atoms with Gasteiger partial charge in [0.25, 0.3) is 0 Å². The number of nitrogens with zero attached hydrogens (tertiary/aromatic N) is 5. The van der Waals surface area contributed by atoms with Crippen LogP contribution in [0.25, 0.3) is 0 Å². The minimum absolute atomic E-state index is 0.601. The van der Waals surface area contributed by atoms with E-state index in [9.17, 15) is 0 Å². The molecule has 1 aromatic heterocycles. The summed E-state index contributed by atoms with van der Waals surface area (Å²) in [6, 6.07) is 12.2. The number of aromatic nitrogens is 1. The van der Waals surface area contributed by atoms with Crippen molar-refractivity contribution >= 4 is 23.4 Å². The van der Waals surface area contributed by atoms with Crippen molar-refractivity contribution in [2.24, 2.45) is 4.99 Å². The van der Waals surface area contributed by atoms with Crippen LogP contribution in [-0.4, -0.2) is 67.6 Å². The van der Waals surface area contributed by atoms with Crippen LogP contribution < -0.4 is 10.2 Å². The first-order valence-corrected chi connectivity index (χ1v) is 10.5. The molecule has 0 amide bonds. The summed E-state index contributed by atoms with van der Waals surface area (Å²) in [4.78, 5) is 16.3. The third-order valence-corrected chi connectivity index (χ3v) is 5.33. The molecule has 1 saturated heterocycles. The Morgan fingerprint density at radius 2 is 1.79 bits per heavy atom. The SMILES string of the molecule is CCNC(=NCc1ccc(N2CCN(C)CC2)nc1)N(C)Cc1ccc(Cl)cc1. The summed E-state index contributed by atoms with van der Waals surface area (Å²) in [6.45, 7) is 8.50. The molecule has 0 saturated carbocycles. The number of rotatable bonds is 6. The van der Waals surface area contributed by atoms with Crippen LogP contribution in [0, 0.1) is 0 Å². The summed E-state index contributed by atoms with van der Waals surface area (Å²) in [5, 5.41) is 4.12. The van der Waals surface area contributed by atoms with Crippen LogP contribution in [0.1, 0.15) is 18.1 Å². The normalized spacial score (nSPS) is 15.4. The number of nitrogens with one attached hydrogen (secondary N) is 1. The van der Waals surface area contributed by atoms with E-state index < -0.39 is 0 Å². The summed E-state index contributed by atoms with van der Waals surface area (Å²) in [5.41, 5.74) is 2.30. The van der Waals surface area contributed by atoms with Gasteiger partial charge >= 0.3 is 0 Å². The van der Waals surface area contributed by atoms with E-state index in [1.165, 1.54) is 5.56 Å². The Balaban J connectivity index is 1.61. The first kappa shape index (κ1) is 21.4. The smallest absolute Gasteiger partial charge is 0.194 e. The largest absolute Gasteiger partial charge is 0.357 e. The molecule has 2 aromatic rings. The Kier molecular flexibility index (Phi) is 7.72. The average molecular weight is 415 g/mol. The molecule has 0 unspecified atom stereocenters. The van der Waals surface area contributed by atoms with E-state index >= 15 is 0 Å². The Morgan fingerprint density at radius 3 is 2.41 bits per heavy atom. The van der Waals surface area contributed by atoms with Gasteiger partial charge in [0.2, 0.25) is 0 Å². The summed E-state index contributed by atoms with van der Waals surface area (Å²) < 4.78 is 0.